The van der Waals surface area contributed by atoms with Crippen molar-refractivity contribution >= 4 is 5.91 Å². The van der Waals surface area contributed by atoms with Crippen molar-refractivity contribution in [2.24, 2.45) is 0 Å². The second kappa shape index (κ2) is 8.86. The summed E-state index contributed by atoms with van der Waals surface area (Å²) in [4.78, 5) is 21.9. The van der Waals surface area contributed by atoms with Crippen LogP contribution in [0.2, 0.25) is 0 Å². The molecule has 0 unspecified atom stereocenters. The molecule has 0 saturated carbocycles. The van der Waals surface area contributed by atoms with Crippen molar-refractivity contribution in [2.75, 3.05) is 26.2 Å². The van der Waals surface area contributed by atoms with Crippen molar-refractivity contribution in [1.29, 1.82) is 0 Å². The van der Waals surface area contributed by atoms with Crippen LogP contribution in [0.1, 0.15) is 62.2 Å². The Hall–Kier alpha value is -2.21. The van der Waals surface area contributed by atoms with Crippen LogP contribution in [-0.2, 0) is 4.79 Å². The van der Waals surface area contributed by atoms with E-state index in [0.29, 0.717) is 6.54 Å². The van der Waals surface area contributed by atoms with Gasteiger partial charge < -0.3 is 4.90 Å². The lowest BCUT2D eigenvalue weighted by Gasteiger charge is -2.37. The summed E-state index contributed by atoms with van der Waals surface area (Å²) < 4.78 is 0. The van der Waals surface area contributed by atoms with Gasteiger partial charge in [-0.05, 0) is 69.3 Å². The van der Waals surface area contributed by atoms with Crippen molar-refractivity contribution in [3.8, 4) is 11.1 Å². The Balaban J connectivity index is 1.56. The van der Waals surface area contributed by atoms with Gasteiger partial charge in [0.05, 0.1) is 24.5 Å². The van der Waals surface area contributed by atoms with Gasteiger partial charge in [-0.15, -0.1) is 0 Å². The molecule has 2 aliphatic heterocycles. The van der Waals surface area contributed by atoms with Gasteiger partial charge in [0.1, 0.15) is 0 Å². The van der Waals surface area contributed by atoms with Crippen LogP contribution >= 0.6 is 0 Å². The van der Waals surface area contributed by atoms with Gasteiger partial charge in [-0.3, -0.25) is 19.8 Å². The Bertz CT molecular complexity index is 794. The highest BCUT2D eigenvalue weighted by atomic mass is 16.2. The van der Waals surface area contributed by atoms with Crippen LogP contribution in [0.5, 0.6) is 0 Å². The van der Waals surface area contributed by atoms with E-state index in [9.17, 15) is 4.79 Å². The van der Waals surface area contributed by atoms with Gasteiger partial charge in [-0.1, -0.05) is 12.8 Å². The van der Waals surface area contributed by atoms with Crippen LogP contribution in [-0.4, -0.2) is 57.1 Å². The molecule has 6 heteroatoms. The Labute approximate surface area is 167 Å². The van der Waals surface area contributed by atoms with E-state index in [0.717, 1.165) is 61.3 Å². The zero-order chi connectivity index (χ0) is 19.3. The van der Waals surface area contributed by atoms with E-state index in [2.05, 4.69) is 31.9 Å². The lowest BCUT2D eigenvalue weighted by Crippen LogP contribution is -2.44. The maximum absolute atomic E-state index is 13.2. The third-order valence-electron chi connectivity index (χ3n) is 6.19. The molecule has 2 fully saturated rings. The molecule has 2 aliphatic rings. The molecule has 1 atom stereocenters. The lowest BCUT2D eigenvalue weighted by molar-refractivity contribution is -0.136. The number of likely N-dealkylation sites (tertiary alicyclic amines) is 2. The van der Waals surface area contributed by atoms with E-state index in [1.165, 1.54) is 25.7 Å². The summed E-state index contributed by atoms with van der Waals surface area (Å²) in [7, 11) is 0. The molecule has 0 bridgehead atoms. The van der Waals surface area contributed by atoms with Crippen LogP contribution in [0.4, 0.5) is 0 Å². The molecular weight excluding hydrogens is 350 g/mol. The fourth-order valence-corrected chi connectivity index (χ4v) is 4.65. The molecule has 6 nitrogen and oxygen atoms in total. The molecule has 4 heterocycles. The van der Waals surface area contributed by atoms with Crippen molar-refractivity contribution < 1.29 is 4.79 Å². The number of nitrogens with zero attached hydrogens (tertiary/aromatic N) is 4. The first-order chi connectivity index (χ1) is 13.7. The molecule has 0 radical (unpaired) electrons. The van der Waals surface area contributed by atoms with E-state index in [1.54, 1.807) is 0 Å². The number of amides is 1. The largest absolute Gasteiger partial charge is 0.333 e. The number of carbonyl (C=O) groups is 1. The van der Waals surface area contributed by atoms with Crippen molar-refractivity contribution in [3.63, 3.8) is 0 Å². The third-order valence-corrected chi connectivity index (χ3v) is 6.19. The van der Waals surface area contributed by atoms with Crippen LogP contribution < -0.4 is 0 Å². The number of rotatable bonds is 4. The second-order valence-electron chi connectivity index (χ2n) is 8.18. The number of hydrogen-bond acceptors (Lipinski definition) is 4. The third kappa shape index (κ3) is 4.12. The van der Waals surface area contributed by atoms with E-state index in [-0.39, 0.29) is 11.9 Å². The smallest absolute Gasteiger partial charge is 0.237 e. The molecule has 0 spiro atoms. The first-order valence-electron chi connectivity index (χ1n) is 10.7. The summed E-state index contributed by atoms with van der Waals surface area (Å²) in [5, 5.41) is 7.56. The van der Waals surface area contributed by atoms with Gasteiger partial charge in [-0.2, -0.15) is 5.10 Å². The summed E-state index contributed by atoms with van der Waals surface area (Å²) in [6.45, 7) is 5.56. The number of hydrogen-bond donors (Lipinski definition) is 1. The van der Waals surface area contributed by atoms with Gasteiger partial charge in [0, 0.05) is 24.5 Å². The number of piperidine rings is 1. The van der Waals surface area contributed by atoms with Crippen molar-refractivity contribution in [1.82, 2.24) is 25.0 Å². The molecule has 150 valence electrons. The fourth-order valence-electron chi connectivity index (χ4n) is 4.65. The highest BCUT2D eigenvalue weighted by Gasteiger charge is 2.32. The minimum absolute atomic E-state index is 0.0818. The zero-order valence-electron chi connectivity index (χ0n) is 16.9. The maximum atomic E-state index is 13.2. The van der Waals surface area contributed by atoms with E-state index in [1.807, 2.05) is 24.7 Å². The standard InChI is InChI=1S/C22H31N5O/c1-17-14-23-10-9-18(17)19-15-24-25-22(19)20-8-4-7-13-27(20)21(28)16-26-11-5-2-3-6-12-26/h9-10,14-15,20H,2-8,11-13,16H2,1H3,(H,24,25)/t20-/m0/s1. The predicted molar refractivity (Wildman–Crippen MR) is 110 cm³/mol. The Morgan fingerprint density at radius 1 is 1.07 bits per heavy atom. The highest BCUT2D eigenvalue weighted by molar-refractivity contribution is 5.79. The SMILES string of the molecule is Cc1cnccc1-c1cn[nH]c1[C@@H]1CCCCN1C(=O)CN1CCCCCC1. The molecule has 0 aliphatic carbocycles. The van der Waals surface area contributed by atoms with Crippen LogP contribution in [0.25, 0.3) is 11.1 Å². The summed E-state index contributed by atoms with van der Waals surface area (Å²) in [6.07, 6.45) is 13.8. The number of nitrogens with one attached hydrogen (secondary N) is 1. The first-order valence-corrected chi connectivity index (χ1v) is 10.7. The Morgan fingerprint density at radius 3 is 2.64 bits per heavy atom. The number of carbonyl (C=O) groups excluding carboxylic acids is 1. The summed E-state index contributed by atoms with van der Waals surface area (Å²) in [5.41, 5.74) is 4.44. The summed E-state index contributed by atoms with van der Waals surface area (Å²) in [5.74, 6) is 0.263. The second-order valence-corrected chi connectivity index (χ2v) is 8.18. The zero-order valence-corrected chi connectivity index (χ0v) is 16.9. The first kappa shape index (κ1) is 19.1. The van der Waals surface area contributed by atoms with Gasteiger partial charge in [0.2, 0.25) is 5.91 Å². The van der Waals surface area contributed by atoms with Crippen LogP contribution in [0.15, 0.2) is 24.7 Å². The highest BCUT2D eigenvalue weighted by Crippen LogP contribution is 2.36. The maximum Gasteiger partial charge on any atom is 0.237 e. The van der Waals surface area contributed by atoms with Gasteiger partial charge in [-0.25, -0.2) is 0 Å². The van der Waals surface area contributed by atoms with Crippen LogP contribution in [0.3, 0.4) is 0 Å². The Kier molecular flexibility index (Phi) is 6.05. The molecule has 4 rings (SSSR count). The number of aromatic nitrogens is 3. The van der Waals surface area contributed by atoms with Crippen molar-refractivity contribution in [3.05, 3.63) is 35.9 Å². The van der Waals surface area contributed by atoms with E-state index >= 15 is 0 Å². The average Bonchev–Trinajstić information content (AvgIpc) is 3.06. The minimum Gasteiger partial charge on any atom is -0.333 e. The fraction of sp³-hybridized carbons (Fsp3) is 0.591. The molecule has 2 aromatic heterocycles. The average molecular weight is 382 g/mol. The van der Waals surface area contributed by atoms with Crippen molar-refractivity contribution in [2.45, 2.75) is 57.9 Å². The minimum atomic E-state index is 0.0818. The normalized spacial score (nSPS) is 21.5. The van der Waals surface area contributed by atoms with E-state index in [4.69, 9.17) is 0 Å². The molecule has 2 aromatic rings. The molecule has 1 N–H and O–H groups in total. The van der Waals surface area contributed by atoms with E-state index < -0.39 is 0 Å². The Morgan fingerprint density at radius 2 is 1.86 bits per heavy atom. The summed E-state index contributed by atoms with van der Waals surface area (Å²) in [6, 6.07) is 2.12. The summed E-state index contributed by atoms with van der Waals surface area (Å²) >= 11 is 0. The topological polar surface area (TPSA) is 65.1 Å². The molecule has 28 heavy (non-hydrogen) atoms. The number of aromatic amines is 1. The van der Waals surface area contributed by atoms with Gasteiger partial charge >= 0.3 is 0 Å². The lowest BCUT2D eigenvalue weighted by atomic mass is 9.93. The molecule has 0 aromatic carbocycles. The monoisotopic (exact) mass is 381 g/mol. The van der Waals surface area contributed by atoms with Gasteiger partial charge in [0.15, 0.2) is 0 Å². The predicted octanol–water partition coefficient (Wildman–Crippen LogP) is 3.71. The number of pyridine rings is 1. The molecule has 2 saturated heterocycles. The van der Waals surface area contributed by atoms with Crippen LogP contribution in [0, 0.1) is 6.92 Å². The molecule has 1 amide bonds. The quantitative estimate of drug-likeness (QED) is 0.877. The number of H-pyrrole nitrogens is 1. The number of aryl methyl sites for hydroxylation is 1. The molecular formula is C22H31N5O. The van der Waals surface area contributed by atoms with Gasteiger partial charge in [0.25, 0.3) is 0 Å².